The highest BCUT2D eigenvalue weighted by atomic mass is 16.2. The molecule has 168 valence electrons. The Morgan fingerprint density at radius 2 is 1.72 bits per heavy atom. The normalized spacial score (nSPS) is 17.2. The molecule has 0 bridgehead atoms. The third-order valence-corrected chi connectivity index (χ3v) is 6.12. The second-order valence-corrected chi connectivity index (χ2v) is 8.46. The smallest absolute Gasteiger partial charge is 0.344 e. The van der Waals surface area contributed by atoms with E-state index in [1.807, 2.05) is 49.5 Å². The first-order chi connectivity index (χ1) is 15.5. The SMILES string of the molecule is CN(Cc1ccccc1)c1ccccc1NCC(=O)NN1C(=O)NC2(CCCCC2)C1=O. The van der Waals surface area contributed by atoms with E-state index in [-0.39, 0.29) is 12.5 Å². The van der Waals surface area contributed by atoms with Crippen LogP contribution in [0.4, 0.5) is 16.2 Å². The number of para-hydroxylation sites is 2. The number of benzene rings is 2. The Balaban J connectivity index is 1.36. The number of nitrogens with zero attached hydrogens (tertiary/aromatic N) is 2. The molecule has 2 fully saturated rings. The largest absolute Gasteiger partial charge is 0.374 e. The zero-order valence-electron chi connectivity index (χ0n) is 18.3. The van der Waals surface area contributed by atoms with Crippen LogP contribution in [0.3, 0.4) is 0 Å². The van der Waals surface area contributed by atoms with E-state index >= 15 is 0 Å². The predicted molar refractivity (Wildman–Crippen MR) is 123 cm³/mol. The Kier molecular flexibility index (Phi) is 6.30. The number of amides is 4. The van der Waals surface area contributed by atoms with Gasteiger partial charge in [0.15, 0.2) is 0 Å². The standard InChI is InChI=1S/C24H29N5O3/c1-28(17-18-10-4-2-5-11-18)20-13-7-6-12-19(20)25-16-21(30)27-29-22(31)24(26-23(29)32)14-8-3-9-15-24/h2,4-7,10-13,25H,3,8-9,14-17H2,1H3,(H,26,32)(H,27,30). The van der Waals surface area contributed by atoms with Gasteiger partial charge in [0.1, 0.15) is 5.54 Å². The molecule has 32 heavy (non-hydrogen) atoms. The molecule has 0 unspecified atom stereocenters. The van der Waals surface area contributed by atoms with Gasteiger partial charge in [-0.3, -0.25) is 15.0 Å². The molecule has 0 aromatic heterocycles. The zero-order chi connectivity index (χ0) is 22.6. The molecule has 8 heteroatoms. The van der Waals surface area contributed by atoms with Crippen LogP contribution in [0.15, 0.2) is 54.6 Å². The van der Waals surface area contributed by atoms with E-state index in [1.54, 1.807) is 0 Å². The minimum Gasteiger partial charge on any atom is -0.374 e. The van der Waals surface area contributed by atoms with Crippen molar-refractivity contribution in [2.45, 2.75) is 44.2 Å². The maximum atomic E-state index is 12.8. The number of anilines is 2. The molecule has 4 amide bonds. The van der Waals surface area contributed by atoms with Crippen molar-refractivity contribution in [1.29, 1.82) is 0 Å². The molecule has 1 saturated carbocycles. The van der Waals surface area contributed by atoms with Crippen LogP contribution in [-0.4, -0.2) is 42.0 Å². The molecule has 0 radical (unpaired) electrons. The molecule has 0 atom stereocenters. The summed E-state index contributed by atoms with van der Waals surface area (Å²) in [6.45, 7) is 0.649. The fourth-order valence-corrected chi connectivity index (χ4v) is 4.45. The minimum atomic E-state index is -0.858. The first kappa shape index (κ1) is 21.7. The van der Waals surface area contributed by atoms with Crippen molar-refractivity contribution in [1.82, 2.24) is 15.8 Å². The Labute approximate surface area is 187 Å². The lowest BCUT2D eigenvalue weighted by atomic mass is 9.82. The highest BCUT2D eigenvalue weighted by Gasteiger charge is 2.52. The van der Waals surface area contributed by atoms with Crippen LogP contribution >= 0.6 is 0 Å². The summed E-state index contributed by atoms with van der Waals surface area (Å²) in [5.41, 5.74) is 4.52. The van der Waals surface area contributed by atoms with E-state index in [1.165, 1.54) is 5.56 Å². The fourth-order valence-electron chi connectivity index (χ4n) is 4.45. The van der Waals surface area contributed by atoms with E-state index in [9.17, 15) is 14.4 Å². The molecular formula is C24H29N5O3. The van der Waals surface area contributed by atoms with E-state index in [0.29, 0.717) is 12.8 Å². The number of hydrogen-bond acceptors (Lipinski definition) is 5. The summed E-state index contributed by atoms with van der Waals surface area (Å²) < 4.78 is 0. The molecule has 8 nitrogen and oxygen atoms in total. The Morgan fingerprint density at radius 3 is 2.47 bits per heavy atom. The van der Waals surface area contributed by atoms with Crippen LogP contribution in [0.5, 0.6) is 0 Å². The number of urea groups is 1. The molecule has 3 N–H and O–H groups in total. The third-order valence-electron chi connectivity index (χ3n) is 6.12. The summed E-state index contributed by atoms with van der Waals surface area (Å²) in [4.78, 5) is 39.8. The van der Waals surface area contributed by atoms with E-state index in [2.05, 4.69) is 33.1 Å². The average Bonchev–Trinajstić information content (AvgIpc) is 3.02. The second kappa shape index (κ2) is 9.30. The lowest BCUT2D eigenvalue weighted by Crippen LogP contribution is -2.51. The van der Waals surface area contributed by atoms with Crippen molar-refractivity contribution in [3.05, 3.63) is 60.2 Å². The van der Waals surface area contributed by atoms with Crippen molar-refractivity contribution < 1.29 is 14.4 Å². The maximum Gasteiger partial charge on any atom is 0.344 e. The first-order valence-corrected chi connectivity index (χ1v) is 11.0. The summed E-state index contributed by atoms with van der Waals surface area (Å²) in [6.07, 6.45) is 4.07. The van der Waals surface area contributed by atoms with Gasteiger partial charge in [0.05, 0.1) is 17.9 Å². The van der Waals surface area contributed by atoms with Gasteiger partial charge in [0.25, 0.3) is 11.8 Å². The lowest BCUT2D eigenvalue weighted by molar-refractivity contribution is -0.139. The van der Waals surface area contributed by atoms with Gasteiger partial charge in [-0.2, -0.15) is 5.01 Å². The zero-order valence-corrected chi connectivity index (χ0v) is 18.3. The number of nitrogens with one attached hydrogen (secondary N) is 3. The lowest BCUT2D eigenvalue weighted by Gasteiger charge is -2.30. The number of carbonyl (C=O) groups excluding carboxylic acids is 3. The molecule has 2 aliphatic rings. The number of rotatable bonds is 7. The minimum absolute atomic E-state index is 0.0692. The van der Waals surface area contributed by atoms with Gasteiger partial charge in [0.2, 0.25) is 0 Å². The number of hydrazine groups is 1. The monoisotopic (exact) mass is 435 g/mol. The van der Waals surface area contributed by atoms with Crippen molar-refractivity contribution in [2.24, 2.45) is 0 Å². The van der Waals surface area contributed by atoms with Crippen LogP contribution in [0, 0.1) is 0 Å². The van der Waals surface area contributed by atoms with Crippen LogP contribution in [0.2, 0.25) is 0 Å². The van der Waals surface area contributed by atoms with Crippen LogP contribution in [0.25, 0.3) is 0 Å². The molecule has 1 spiro atoms. The molecular weight excluding hydrogens is 406 g/mol. The van der Waals surface area contributed by atoms with E-state index < -0.39 is 17.5 Å². The van der Waals surface area contributed by atoms with Crippen LogP contribution in [0.1, 0.15) is 37.7 Å². The summed E-state index contributed by atoms with van der Waals surface area (Å²) in [5, 5.41) is 6.76. The van der Waals surface area contributed by atoms with Gasteiger partial charge in [-0.15, -0.1) is 0 Å². The second-order valence-electron chi connectivity index (χ2n) is 8.46. The van der Waals surface area contributed by atoms with Gasteiger partial charge in [-0.25, -0.2) is 4.79 Å². The van der Waals surface area contributed by atoms with E-state index in [0.717, 1.165) is 42.2 Å². The average molecular weight is 436 g/mol. The quantitative estimate of drug-likeness (QED) is 0.582. The molecule has 2 aromatic rings. The van der Waals surface area contributed by atoms with E-state index in [4.69, 9.17) is 0 Å². The maximum absolute atomic E-state index is 12.8. The summed E-state index contributed by atoms with van der Waals surface area (Å²) in [5.74, 6) is -0.819. The summed E-state index contributed by atoms with van der Waals surface area (Å²) in [7, 11) is 1.99. The first-order valence-electron chi connectivity index (χ1n) is 11.0. The number of imide groups is 1. The van der Waals surface area contributed by atoms with Gasteiger partial charge in [-0.05, 0) is 30.5 Å². The van der Waals surface area contributed by atoms with Crippen molar-refractivity contribution in [3.8, 4) is 0 Å². The van der Waals surface area contributed by atoms with Gasteiger partial charge in [-0.1, -0.05) is 61.7 Å². The predicted octanol–water partition coefficient (Wildman–Crippen LogP) is 3.02. The Bertz CT molecular complexity index is 988. The van der Waals surface area contributed by atoms with Crippen molar-refractivity contribution >= 4 is 29.2 Å². The molecule has 1 aliphatic carbocycles. The van der Waals surface area contributed by atoms with Gasteiger partial charge in [0, 0.05) is 13.6 Å². The third kappa shape index (κ3) is 4.54. The number of hydrogen-bond donors (Lipinski definition) is 3. The molecule has 1 heterocycles. The topological polar surface area (TPSA) is 93.8 Å². The molecule has 1 saturated heterocycles. The van der Waals surface area contributed by atoms with Crippen molar-refractivity contribution in [3.63, 3.8) is 0 Å². The highest BCUT2D eigenvalue weighted by molar-refractivity contribution is 6.08. The molecule has 2 aromatic carbocycles. The molecule has 1 aliphatic heterocycles. The fraction of sp³-hybridized carbons (Fsp3) is 0.375. The summed E-state index contributed by atoms with van der Waals surface area (Å²) in [6, 6.07) is 17.3. The highest BCUT2D eigenvalue weighted by Crippen LogP contribution is 2.33. The van der Waals surface area contributed by atoms with Crippen LogP contribution in [-0.2, 0) is 16.1 Å². The Morgan fingerprint density at radius 1 is 1.03 bits per heavy atom. The van der Waals surface area contributed by atoms with Gasteiger partial charge >= 0.3 is 6.03 Å². The summed E-state index contributed by atoms with van der Waals surface area (Å²) >= 11 is 0. The Hall–Kier alpha value is -3.55. The van der Waals surface area contributed by atoms with Crippen molar-refractivity contribution in [2.75, 3.05) is 23.8 Å². The van der Waals surface area contributed by atoms with Crippen LogP contribution < -0.4 is 21.0 Å². The molecule has 4 rings (SSSR count). The number of carbonyl (C=O) groups is 3. The van der Waals surface area contributed by atoms with Gasteiger partial charge < -0.3 is 15.5 Å².